The molecule has 0 aliphatic carbocycles. The van der Waals surface area contributed by atoms with Crippen molar-refractivity contribution in [1.29, 1.82) is 0 Å². The minimum absolute atomic E-state index is 0.0830. The smallest absolute Gasteiger partial charge is 0.258 e. The van der Waals surface area contributed by atoms with Gasteiger partial charge in [0.25, 0.3) is 5.91 Å². The topological polar surface area (TPSA) is 94.1 Å². The summed E-state index contributed by atoms with van der Waals surface area (Å²) in [5.74, 6) is 0.287. The summed E-state index contributed by atoms with van der Waals surface area (Å²) < 4.78 is 6.18. The van der Waals surface area contributed by atoms with Gasteiger partial charge in [0.1, 0.15) is 11.9 Å². The number of anilines is 1. The fraction of sp³-hybridized carbons (Fsp3) is 0.636. The molecule has 1 aromatic rings. The average Bonchev–Trinajstić information content (AvgIpc) is 2.70. The van der Waals surface area contributed by atoms with Gasteiger partial charge in [0.2, 0.25) is 5.91 Å². The van der Waals surface area contributed by atoms with Crippen LogP contribution < -0.4 is 15.4 Å². The third kappa shape index (κ3) is 6.42. The van der Waals surface area contributed by atoms with Crippen molar-refractivity contribution in [3.8, 4) is 5.75 Å². The highest BCUT2D eigenvalue weighted by Gasteiger charge is 2.32. The number of carbonyl (C=O) groups is 2. The molecule has 1 aromatic carbocycles. The summed E-state index contributed by atoms with van der Waals surface area (Å²) in [4.78, 5) is 29.3. The molecule has 2 rings (SSSR count). The molecule has 0 aromatic heterocycles. The molecule has 0 bridgehead atoms. The van der Waals surface area contributed by atoms with Crippen LogP contribution in [0.2, 0.25) is 0 Å². The molecule has 30 heavy (non-hydrogen) atoms. The first-order valence-electron chi connectivity index (χ1n) is 10.6. The molecule has 3 N–H and O–H groups in total. The van der Waals surface area contributed by atoms with E-state index in [9.17, 15) is 14.7 Å². The highest BCUT2D eigenvalue weighted by molar-refractivity contribution is 5.99. The van der Waals surface area contributed by atoms with E-state index in [1.54, 1.807) is 23.1 Å². The van der Waals surface area contributed by atoms with E-state index in [0.29, 0.717) is 36.5 Å². The van der Waals surface area contributed by atoms with Gasteiger partial charge >= 0.3 is 0 Å². The van der Waals surface area contributed by atoms with E-state index in [0.717, 1.165) is 13.0 Å². The molecular weight excluding hydrogens is 384 g/mol. The first kappa shape index (κ1) is 24.1. The molecule has 1 aliphatic heterocycles. The van der Waals surface area contributed by atoms with E-state index in [-0.39, 0.29) is 36.5 Å². The third-order valence-electron chi connectivity index (χ3n) is 5.36. The number of rotatable bonds is 9. The van der Waals surface area contributed by atoms with Gasteiger partial charge in [-0.05, 0) is 59.2 Å². The molecule has 1 aliphatic rings. The van der Waals surface area contributed by atoms with Gasteiger partial charge < -0.3 is 30.3 Å². The van der Waals surface area contributed by atoms with Crippen LogP contribution in [-0.2, 0) is 4.79 Å². The number of likely N-dealkylation sites (N-methyl/N-ethyl adjacent to an activating group) is 1. The molecule has 8 nitrogen and oxygen atoms in total. The van der Waals surface area contributed by atoms with E-state index in [4.69, 9.17) is 4.74 Å². The second-order valence-corrected chi connectivity index (χ2v) is 8.35. The normalized spacial score (nSPS) is 20.2. The number of amides is 2. The highest BCUT2D eigenvalue weighted by atomic mass is 16.5. The Morgan fingerprint density at radius 3 is 2.77 bits per heavy atom. The fourth-order valence-corrected chi connectivity index (χ4v) is 3.52. The monoisotopic (exact) mass is 420 g/mol. The summed E-state index contributed by atoms with van der Waals surface area (Å²) in [6.45, 7) is 5.71. The lowest BCUT2D eigenvalue weighted by Gasteiger charge is -2.37. The first-order chi connectivity index (χ1) is 14.3. The minimum Gasteiger partial charge on any atom is -0.488 e. The van der Waals surface area contributed by atoms with Gasteiger partial charge in [-0.2, -0.15) is 0 Å². The number of hydrogen-bond donors (Lipinski definition) is 3. The van der Waals surface area contributed by atoms with Gasteiger partial charge in [-0.25, -0.2) is 0 Å². The lowest BCUT2D eigenvalue weighted by molar-refractivity contribution is -0.116. The number of hydrogen-bond acceptors (Lipinski definition) is 6. The van der Waals surface area contributed by atoms with Crippen molar-refractivity contribution in [2.75, 3.05) is 52.7 Å². The summed E-state index contributed by atoms with van der Waals surface area (Å²) in [5.41, 5.74) is 0.963. The maximum Gasteiger partial charge on any atom is 0.258 e. The van der Waals surface area contributed by atoms with Crippen LogP contribution in [0.1, 0.15) is 37.0 Å². The number of nitrogens with one attached hydrogen (secondary N) is 2. The zero-order chi connectivity index (χ0) is 22.3. The number of aliphatic hydroxyl groups is 1. The van der Waals surface area contributed by atoms with Crippen molar-refractivity contribution in [3.05, 3.63) is 23.8 Å². The van der Waals surface area contributed by atoms with Crippen molar-refractivity contribution in [2.45, 2.75) is 38.8 Å². The lowest BCUT2D eigenvalue weighted by atomic mass is 9.99. The van der Waals surface area contributed by atoms with E-state index in [2.05, 4.69) is 10.6 Å². The molecule has 0 saturated heterocycles. The number of nitrogens with zero attached hydrogens (tertiary/aromatic N) is 2. The van der Waals surface area contributed by atoms with Crippen LogP contribution in [0.3, 0.4) is 0 Å². The molecule has 0 fully saturated rings. The summed E-state index contributed by atoms with van der Waals surface area (Å²) in [6, 6.07) is 4.86. The Labute approximate surface area is 179 Å². The Morgan fingerprint density at radius 2 is 2.13 bits per heavy atom. The molecule has 0 spiro atoms. The van der Waals surface area contributed by atoms with Crippen molar-refractivity contribution in [2.24, 2.45) is 5.92 Å². The van der Waals surface area contributed by atoms with Crippen LogP contribution in [-0.4, -0.2) is 86.3 Å². The van der Waals surface area contributed by atoms with Crippen LogP contribution >= 0.6 is 0 Å². The maximum atomic E-state index is 13.3. The van der Waals surface area contributed by atoms with Crippen LogP contribution in [0.25, 0.3) is 0 Å². The number of benzene rings is 1. The van der Waals surface area contributed by atoms with Crippen molar-refractivity contribution < 1.29 is 19.4 Å². The van der Waals surface area contributed by atoms with E-state index in [1.807, 2.05) is 39.9 Å². The molecule has 168 valence electrons. The van der Waals surface area contributed by atoms with Crippen LogP contribution in [0.4, 0.5) is 5.69 Å². The summed E-state index contributed by atoms with van der Waals surface area (Å²) in [6.07, 6.45) is 1.05. The lowest BCUT2D eigenvalue weighted by Crippen LogP contribution is -2.49. The largest absolute Gasteiger partial charge is 0.488 e. The molecule has 8 heteroatoms. The fourth-order valence-electron chi connectivity index (χ4n) is 3.52. The van der Waals surface area contributed by atoms with Crippen molar-refractivity contribution >= 4 is 17.5 Å². The summed E-state index contributed by atoms with van der Waals surface area (Å²) in [7, 11) is 5.81. The second kappa shape index (κ2) is 11.3. The number of ether oxygens (including phenoxy) is 1. The second-order valence-electron chi connectivity index (χ2n) is 8.35. The van der Waals surface area contributed by atoms with Crippen LogP contribution in [0.15, 0.2) is 18.2 Å². The van der Waals surface area contributed by atoms with Crippen molar-refractivity contribution in [1.82, 2.24) is 15.1 Å². The third-order valence-corrected chi connectivity index (χ3v) is 5.36. The molecule has 2 amide bonds. The van der Waals surface area contributed by atoms with Crippen LogP contribution in [0.5, 0.6) is 5.75 Å². The molecule has 0 unspecified atom stereocenters. The van der Waals surface area contributed by atoms with E-state index >= 15 is 0 Å². The van der Waals surface area contributed by atoms with Crippen LogP contribution in [0, 0.1) is 5.92 Å². The van der Waals surface area contributed by atoms with E-state index in [1.165, 1.54) is 0 Å². The van der Waals surface area contributed by atoms with E-state index < -0.39 is 0 Å². The Bertz CT molecular complexity index is 725. The molecular formula is C22H36N4O4. The standard InChI is InChI=1S/C22H36N4O4/c1-15-13-26(16(2)14-27)22(29)18-11-17(24-21(28)7-6-10-25(4)5)8-9-19(18)30-20(15)12-23-3/h8-9,11,15-16,20,23,27H,6-7,10,12-14H2,1-5H3,(H,24,28)/t15-,16-,20-/m0/s1. The Balaban J connectivity index is 2.27. The molecule has 0 saturated carbocycles. The Hall–Kier alpha value is -2.16. The summed E-state index contributed by atoms with van der Waals surface area (Å²) >= 11 is 0. The predicted molar refractivity (Wildman–Crippen MR) is 118 cm³/mol. The van der Waals surface area contributed by atoms with Gasteiger partial charge in [-0.3, -0.25) is 9.59 Å². The quantitative estimate of drug-likeness (QED) is 0.559. The average molecular weight is 421 g/mol. The zero-order valence-corrected chi connectivity index (χ0v) is 18.8. The maximum absolute atomic E-state index is 13.3. The molecule has 3 atom stereocenters. The van der Waals surface area contributed by atoms with Gasteiger partial charge in [0.15, 0.2) is 0 Å². The van der Waals surface area contributed by atoms with Gasteiger partial charge in [-0.15, -0.1) is 0 Å². The summed E-state index contributed by atoms with van der Waals surface area (Å²) in [5, 5.41) is 15.7. The highest BCUT2D eigenvalue weighted by Crippen LogP contribution is 2.30. The Morgan fingerprint density at radius 1 is 1.40 bits per heavy atom. The predicted octanol–water partition coefficient (Wildman–Crippen LogP) is 1.41. The minimum atomic E-state index is -0.314. The number of fused-ring (bicyclic) bond motifs is 1. The number of aliphatic hydroxyl groups excluding tert-OH is 1. The molecule has 1 heterocycles. The van der Waals surface area contributed by atoms with Gasteiger partial charge in [0.05, 0.1) is 18.2 Å². The van der Waals surface area contributed by atoms with Gasteiger partial charge in [-0.1, -0.05) is 6.92 Å². The number of carbonyl (C=O) groups excluding carboxylic acids is 2. The first-order valence-corrected chi connectivity index (χ1v) is 10.6. The SMILES string of the molecule is CNC[C@@H]1Oc2ccc(NC(=O)CCCN(C)C)cc2C(=O)N([C@@H](C)CO)C[C@@H]1C. The Kier molecular flexibility index (Phi) is 9.08. The van der Waals surface area contributed by atoms with Gasteiger partial charge in [0, 0.05) is 31.1 Å². The molecule has 0 radical (unpaired) electrons. The van der Waals surface area contributed by atoms with Crippen molar-refractivity contribution in [3.63, 3.8) is 0 Å². The zero-order valence-electron chi connectivity index (χ0n) is 18.8.